The molecule has 1 amide bonds. The molecule has 22 heavy (non-hydrogen) atoms. The maximum absolute atomic E-state index is 12.2. The summed E-state index contributed by atoms with van der Waals surface area (Å²) in [6, 6.07) is 8.26. The first kappa shape index (κ1) is 15.4. The fourth-order valence-corrected chi connectivity index (χ4v) is 3.72. The van der Waals surface area contributed by atoms with Crippen molar-refractivity contribution in [1.29, 1.82) is 0 Å². The van der Waals surface area contributed by atoms with Crippen LogP contribution < -0.4 is 5.32 Å². The zero-order chi connectivity index (χ0) is 15.8. The predicted molar refractivity (Wildman–Crippen MR) is 77.5 cm³/mol. The van der Waals surface area contributed by atoms with Crippen LogP contribution in [0.5, 0.6) is 0 Å². The zero-order valence-corrected chi connectivity index (χ0v) is 12.4. The molecule has 2 aliphatic rings. The van der Waals surface area contributed by atoms with Crippen LogP contribution in [-0.2, 0) is 16.6 Å². The van der Waals surface area contributed by atoms with Crippen molar-refractivity contribution in [2.75, 3.05) is 6.54 Å². The Morgan fingerprint density at radius 3 is 2.82 bits per heavy atom. The van der Waals surface area contributed by atoms with Crippen molar-refractivity contribution in [2.45, 2.75) is 50.1 Å². The quantitative estimate of drug-likeness (QED) is 0.825. The van der Waals surface area contributed by atoms with Crippen molar-refractivity contribution in [2.24, 2.45) is 5.92 Å². The number of hydrogen-bond donors (Lipinski definition) is 1. The summed E-state index contributed by atoms with van der Waals surface area (Å²) in [6.07, 6.45) is -1.52. The molecule has 1 N–H and O–H groups in total. The fraction of sp³-hybridized carbons (Fsp3) is 0.588. The molecule has 0 saturated heterocycles. The van der Waals surface area contributed by atoms with Crippen LogP contribution in [0.4, 0.5) is 13.2 Å². The van der Waals surface area contributed by atoms with Gasteiger partial charge in [-0.2, -0.15) is 13.2 Å². The van der Waals surface area contributed by atoms with E-state index in [-0.39, 0.29) is 23.7 Å². The molecule has 0 aromatic heterocycles. The number of amides is 1. The highest BCUT2D eigenvalue weighted by Gasteiger charge is 2.61. The zero-order valence-electron chi connectivity index (χ0n) is 12.4. The molecule has 5 heteroatoms. The molecule has 0 heterocycles. The molecule has 0 bridgehead atoms. The minimum atomic E-state index is -4.10. The number of benzene rings is 1. The number of halogens is 3. The number of alkyl halides is 3. The first-order chi connectivity index (χ1) is 10.4. The Kier molecular flexibility index (Phi) is 3.91. The van der Waals surface area contributed by atoms with Gasteiger partial charge >= 0.3 is 6.18 Å². The van der Waals surface area contributed by atoms with E-state index in [1.807, 2.05) is 12.1 Å². The minimum absolute atomic E-state index is 0.00114. The lowest BCUT2D eigenvalue weighted by Crippen LogP contribution is -2.29. The molecule has 2 aliphatic carbocycles. The highest BCUT2D eigenvalue weighted by Crippen LogP contribution is 2.61. The van der Waals surface area contributed by atoms with E-state index in [9.17, 15) is 18.0 Å². The molecule has 1 spiro atoms. The summed E-state index contributed by atoms with van der Waals surface area (Å²) in [7, 11) is 0. The monoisotopic (exact) mass is 311 g/mol. The highest BCUT2D eigenvalue weighted by atomic mass is 19.4. The molecular weight excluding hydrogens is 291 g/mol. The van der Waals surface area contributed by atoms with Crippen LogP contribution in [-0.4, -0.2) is 18.6 Å². The number of nitrogens with one attached hydrogen (secondary N) is 1. The Balaban J connectivity index is 1.46. The van der Waals surface area contributed by atoms with Gasteiger partial charge in [-0.15, -0.1) is 0 Å². The van der Waals surface area contributed by atoms with Crippen LogP contribution in [0.3, 0.4) is 0 Å². The summed E-state index contributed by atoms with van der Waals surface area (Å²) in [5.41, 5.74) is 2.64. The first-order valence-electron chi connectivity index (χ1n) is 7.85. The Hall–Kier alpha value is -1.52. The smallest absolute Gasteiger partial charge is 0.356 e. The lowest BCUT2D eigenvalue weighted by Gasteiger charge is -2.12. The Morgan fingerprint density at radius 1 is 1.27 bits per heavy atom. The molecule has 0 radical (unpaired) electrons. The lowest BCUT2D eigenvalue weighted by atomic mass is 9.95. The summed E-state index contributed by atoms with van der Waals surface area (Å²) < 4.78 is 36.1. The minimum Gasteiger partial charge on any atom is -0.356 e. The van der Waals surface area contributed by atoms with Crippen LogP contribution in [0.25, 0.3) is 0 Å². The Morgan fingerprint density at radius 2 is 2.05 bits per heavy atom. The van der Waals surface area contributed by atoms with Gasteiger partial charge in [0.2, 0.25) is 5.91 Å². The number of fused-ring (bicyclic) bond motifs is 2. The molecule has 0 unspecified atom stereocenters. The van der Waals surface area contributed by atoms with Gasteiger partial charge in [-0.25, -0.2) is 0 Å². The van der Waals surface area contributed by atoms with Crippen molar-refractivity contribution < 1.29 is 18.0 Å². The third-order valence-electron chi connectivity index (χ3n) is 4.97. The van der Waals surface area contributed by atoms with Crippen LogP contribution in [0.2, 0.25) is 0 Å². The molecule has 1 aromatic rings. The largest absolute Gasteiger partial charge is 0.389 e. The Labute approximate surface area is 128 Å². The first-order valence-corrected chi connectivity index (χ1v) is 7.85. The van der Waals surface area contributed by atoms with Gasteiger partial charge in [-0.3, -0.25) is 4.79 Å². The number of hydrogen-bond acceptors (Lipinski definition) is 1. The average Bonchev–Trinajstić information content (AvgIpc) is 3.08. The van der Waals surface area contributed by atoms with E-state index in [2.05, 4.69) is 17.4 Å². The molecule has 3 rings (SSSR count). The summed E-state index contributed by atoms with van der Waals surface area (Å²) in [5, 5.41) is 2.81. The number of carbonyl (C=O) groups is 1. The van der Waals surface area contributed by atoms with Crippen molar-refractivity contribution in [3.63, 3.8) is 0 Å². The molecule has 0 aliphatic heterocycles. The fourth-order valence-electron chi connectivity index (χ4n) is 3.72. The topological polar surface area (TPSA) is 29.1 Å². The lowest BCUT2D eigenvalue weighted by molar-refractivity contribution is -0.135. The highest BCUT2D eigenvalue weighted by molar-refractivity contribution is 5.84. The van der Waals surface area contributed by atoms with Crippen molar-refractivity contribution in [3.8, 4) is 0 Å². The molecule has 1 aromatic carbocycles. The third-order valence-corrected chi connectivity index (χ3v) is 4.97. The standard InChI is InChI=1S/C17H20F3NO/c18-17(19,20)8-3-4-10-21-15(22)14-11-16(14)9-7-12-5-1-2-6-13(12)16/h1-2,5-6,14H,3-4,7-11H2,(H,21,22)/t14-,16+/m0/s1. The summed E-state index contributed by atoms with van der Waals surface area (Å²) in [5.74, 6) is 0.00229. The van der Waals surface area contributed by atoms with Gasteiger partial charge < -0.3 is 5.32 Å². The van der Waals surface area contributed by atoms with E-state index < -0.39 is 12.6 Å². The number of aryl methyl sites for hydroxylation is 1. The molecule has 1 saturated carbocycles. The SMILES string of the molecule is O=C(NCCCCC(F)(F)F)[C@@H]1C[C@@]12CCc1ccccc12. The van der Waals surface area contributed by atoms with Gasteiger partial charge in [0.05, 0.1) is 0 Å². The van der Waals surface area contributed by atoms with Crippen LogP contribution in [0, 0.1) is 5.92 Å². The van der Waals surface area contributed by atoms with Crippen molar-refractivity contribution in [1.82, 2.24) is 5.32 Å². The van der Waals surface area contributed by atoms with Gasteiger partial charge in [0.25, 0.3) is 0 Å². The van der Waals surface area contributed by atoms with E-state index in [0.29, 0.717) is 13.0 Å². The van der Waals surface area contributed by atoms with Gasteiger partial charge in [0.15, 0.2) is 0 Å². The Bertz CT molecular complexity index is 569. The van der Waals surface area contributed by atoms with Gasteiger partial charge in [0, 0.05) is 24.3 Å². The van der Waals surface area contributed by atoms with Gasteiger partial charge in [0.1, 0.15) is 0 Å². The molecule has 1 fully saturated rings. The maximum Gasteiger partial charge on any atom is 0.389 e. The van der Waals surface area contributed by atoms with Crippen LogP contribution >= 0.6 is 0 Å². The van der Waals surface area contributed by atoms with E-state index >= 15 is 0 Å². The second-order valence-corrected chi connectivity index (χ2v) is 6.43. The molecular formula is C17H20F3NO. The summed E-state index contributed by atoms with van der Waals surface area (Å²) in [6.45, 7) is 0.336. The predicted octanol–water partition coefficient (Wildman–Crippen LogP) is 3.74. The van der Waals surface area contributed by atoms with E-state index in [4.69, 9.17) is 0 Å². The van der Waals surface area contributed by atoms with Gasteiger partial charge in [-0.1, -0.05) is 24.3 Å². The van der Waals surface area contributed by atoms with Crippen molar-refractivity contribution >= 4 is 5.91 Å². The number of rotatable bonds is 5. The van der Waals surface area contributed by atoms with Crippen LogP contribution in [0.15, 0.2) is 24.3 Å². The second kappa shape index (κ2) is 5.60. The van der Waals surface area contributed by atoms with E-state index in [1.165, 1.54) is 11.1 Å². The molecule has 2 nitrogen and oxygen atoms in total. The van der Waals surface area contributed by atoms with E-state index in [0.717, 1.165) is 19.3 Å². The normalized spacial score (nSPS) is 26.0. The van der Waals surface area contributed by atoms with Gasteiger partial charge in [-0.05, 0) is 43.2 Å². The van der Waals surface area contributed by atoms with Crippen LogP contribution in [0.1, 0.15) is 43.2 Å². The van der Waals surface area contributed by atoms with Crippen molar-refractivity contribution in [3.05, 3.63) is 35.4 Å². The number of carbonyl (C=O) groups excluding carboxylic acids is 1. The average molecular weight is 311 g/mol. The molecule has 2 atom stereocenters. The van der Waals surface area contributed by atoms with E-state index in [1.54, 1.807) is 0 Å². The number of unbranched alkanes of at least 4 members (excludes halogenated alkanes) is 1. The third kappa shape index (κ3) is 2.99. The summed E-state index contributed by atoms with van der Waals surface area (Å²) >= 11 is 0. The summed E-state index contributed by atoms with van der Waals surface area (Å²) in [4.78, 5) is 12.2. The molecule has 120 valence electrons. The maximum atomic E-state index is 12.2. The second-order valence-electron chi connectivity index (χ2n) is 6.43.